The topological polar surface area (TPSA) is 200 Å². The Balaban J connectivity index is 1.74. The maximum Gasteiger partial charge on any atom is 0.407 e. The summed E-state index contributed by atoms with van der Waals surface area (Å²) in [5.74, 6) is 6.04. The number of hydrogen-bond acceptors (Lipinski definition) is 12. The zero-order valence-electron chi connectivity index (χ0n) is 37.8. The number of alkyl carbamates (subject to hydrolysis) is 1. The van der Waals surface area contributed by atoms with Crippen molar-refractivity contribution >= 4 is 41.0 Å². The molecule has 0 fully saturated rings. The van der Waals surface area contributed by atoms with Gasteiger partial charge in [0, 0.05) is 42.2 Å². The number of amides is 3. The fourth-order valence-electron chi connectivity index (χ4n) is 7.32. The number of carbonyl (C=O) groups excluding carboxylic acids is 4. The number of unbranched alkanes of at least 4 members (excludes halogenated alkanes) is 1. The van der Waals surface area contributed by atoms with Crippen LogP contribution in [-0.4, -0.2) is 100 Å². The molecule has 15 nitrogen and oxygen atoms in total. The molecule has 15 heteroatoms. The van der Waals surface area contributed by atoms with Gasteiger partial charge < -0.3 is 50.5 Å². The van der Waals surface area contributed by atoms with Crippen molar-refractivity contribution in [3.8, 4) is 0 Å². The van der Waals surface area contributed by atoms with Crippen LogP contribution in [0, 0.1) is 10.8 Å². The maximum absolute atomic E-state index is 14.8. The number of likely N-dealkylation sites (N-methyl/N-ethyl adjacent to an activating group) is 1. The predicted octanol–water partition coefficient (Wildman–Crippen LogP) is 5.32. The molecule has 1 atom stereocenters. The third-order valence-corrected chi connectivity index (χ3v) is 11.0. The second kappa shape index (κ2) is 21.7. The van der Waals surface area contributed by atoms with E-state index in [4.69, 9.17) is 30.5 Å². The Kier molecular flexibility index (Phi) is 18.0. The molecule has 0 aliphatic carbocycles. The number of ether oxygens (including phenoxy) is 4. The van der Waals surface area contributed by atoms with Crippen LogP contribution in [-0.2, 0) is 39.9 Å². The van der Waals surface area contributed by atoms with Gasteiger partial charge in [-0.25, -0.2) is 10.6 Å². The number of hydrogen-bond donors (Lipinski definition) is 5. The molecule has 0 radical (unpaired) electrons. The van der Waals surface area contributed by atoms with Gasteiger partial charge in [0.05, 0.1) is 55.1 Å². The standard InChI is InChI=1S/C45H71N7O8/c1-42(2,39(54)50-30-45(7,8)60-26-23-44(5,6)58-11)29-43(3,4)40(55)51-28-31-18-12-13-19-32(31)37(36(46)33-20-14-15-22-35(33)51)52(47)25-27-59-41(56)49-24-17-16-21-34(48-9)38(53)57-10/h12-15,18-20,22,34,48H,16-17,21,23-30,46-47H2,1-11H3,(H,49,56)(H,50,54)/b37-36-. The predicted molar refractivity (Wildman–Crippen MR) is 235 cm³/mol. The molecule has 7 N–H and O–H groups in total. The molecule has 3 rings (SSSR count). The minimum atomic E-state index is -0.975. The normalized spacial score (nSPS) is 15.2. The molecule has 3 amide bonds. The summed E-state index contributed by atoms with van der Waals surface area (Å²) < 4.78 is 21.9. The Morgan fingerprint density at radius 1 is 0.850 bits per heavy atom. The first-order valence-electron chi connectivity index (χ1n) is 20.7. The minimum Gasteiger partial charge on any atom is -0.468 e. The van der Waals surface area contributed by atoms with Crippen LogP contribution in [0.5, 0.6) is 0 Å². The molecule has 0 bridgehead atoms. The van der Waals surface area contributed by atoms with E-state index in [2.05, 4.69) is 16.0 Å². The first-order valence-corrected chi connectivity index (χ1v) is 20.7. The quantitative estimate of drug-likeness (QED) is 0.0444. The highest BCUT2D eigenvalue weighted by atomic mass is 16.5. The van der Waals surface area contributed by atoms with Crippen LogP contribution in [0.4, 0.5) is 10.5 Å². The Morgan fingerprint density at radius 2 is 1.50 bits per heavy atom. The average molecular weight is 838 g/mol. The number of hydrazine groups is 1. The summed E-state index contributed by atoms with van der Waals surface area (Å²) >= 11 is 0. The van der Waals surface area contributed by atoms with Crippen molar-refractivity contribution in [2.24, 2.45) is 22.4 Å². The highest BCUT2D eigenvalue weighted by Gasteiger charge is 2.42. The number of fused-ring (bicyclic) bond motifs is 2. The van der Waals surface area contributed by atoms with Crippen LogP contribution in [0.2, 0.25) is 0 Å². The van der Waals surface area contributed by atoms with E-state index in [0.717, 1.165) is 11.1 Å². The maximum atomic E-state index is 14.8. The molecule has 1 unspecified atom stereocenters. The summed E-state index contributed by atoms with van der Waals surface area (Å²) in [4.78, 5) is 54.6. The van der Waals surface area contributed by atoms with Crippen molar-refractivity contribution in [1.29, 1.82) is 0 Å². The third-order valence-electron chi connectivity index (χ3n) is 11.0. The fourth-order valence-corrected chi connectivity index (χ4v) is 7.32. The molecule has 2 aromatic rings. The number of esters is 1. The van der Waals surface area contributed by atoms with Crippen LogP contribution in [0.3, 0.4) is 0 Å². The number of rotatable bonds is 22. The molecular formula is C45H71N7O8. The van der Waals surface area contributed by atoms with E-state index in [1.165, 1.54) is 12.1 Å². The molecular weight excluding hydrogens is 767 g/mol. The van der Waals surface area contributed by atoms with Crippen molar-refractivity contribution in [3.63, 3.8) is 0 Å². The van der Waals surface area contributed by atoms with Crippen LogP contribution in [0.15, 0.2) is 48.5 Å². The molecule has 334 valence electrons. The second-order valence-corrected chi connectivity index (χ2v) is 17.9. The first-order chi connectivity index (χ1) is 28.1. The number of methoxy groups -OCH3 is 2. The monoisotopic (exact) mass is 838 g/mol. The Bertz CT molecular complexity index is 1810. The number of nitrogens with one attached hydrogen (secondary N) is 3. The molecule has 0 aromatic heterocycles. The molecule has 0 spiro atoms. The lowest BCUT2D eigenvalue weighted by atomic mass is 9.73. The van der Waals surface area contributed by atoms with Gasteiger partial charge in [-0.3, -0.25) is 14.4 Å². The molecule has 1 heterocycles. The zero-order chi connectivity index (χ0) is 44.9. The third kappa shape index (κ3) is 13.9. The summed E-state index contributed by atoms with van der Waals surface area (Å²) in [7, 11) is 4.73. The molecule has 1 aliphatic rings. The Labute approximate surface area is 357 Å². The van der Waals surface area contributed by atoms with Crippen LogP contribution in [0.1, 0.15) is 104 Å². The fraction of sp³-hybridized carbons (Fsp3) is 0.600. The van der Waals surface area contributed by atoms with E-state index < -0.39 is 28.6 Å². The summed E-state index contributed by atoms with van der Waals surface area (Å²) in [6, 6.07) is 14.6. The summed E-state index contributed by atoms with van der Waals surface area (Å²) in [5, 5.41) is 10.2. The molecule has 60 heavy (non-hydrogen) atoms. The molecule has 1 aliphatic heterocycles. The molecule has 0 saturated heterocycles. The van der Waals surface area contributed by atoms with Gasteiger partial charge in [-0.1, -0.05) is 70.2 Å². The van der Waals surface area contributed by atoms with Gasteiger partial charge in [0.1, 0.15) is 12.6 Å². The van der Waals surface area contributed by atoms with E-state index in [9.17, 15) is 19.2 Å². The van der Waals surface area contributed by atoms with Crippen molar-refractivity contribution in [2.75, 3.05) is 59.0 Å². The SMILES string of the molecule is CNC(CCCCNC(=O)OCCN(N)/C1=C(\N)c2ccccc2N(C(=O)C(C)(C)CC(C)(C)C(=O)NCC(C)(C)OCCC(C)(C)OC)Cc2ccccc21)C(=O)OC. The van der Waals surface area contributed by atoms with Gasteiger partial charge in [-0.05, 0) is 78.5 Å². The van der Waals surface area contributed by atoms with Gasteiger partial charge in [0.15, 0.2) is 0 Å². The minimum absolute atomic E-state index is 0.0213. The van der Waals surface area contributed by atoms with Crippen LogP contribution >= 0.6 is 0 Å². The molecule has 2 aromatic carbocycles. The van der Waals surface area contributed by atoms with Gasteiger partial charge in [0.2, 0.25) is 11.8 Å². The Morgan fingerprint density at radius 3 is 2.15 bits per heavy atom. The van der Waals surface area contributed by atoms with E-state index in [1.807, 2.05) is 104 Å². The summed E-state index contributed by atoms with van der Waals surface area (Å²) in [5.41, 5.74) is 7.84. The van der Waals surface area contributed by atoms with E-state index in [0.29, 0.717) is 68.0 Å². The van der Waals surface area contributed by atoms with Gasteiger partial charge >= 0.3 is 12.1 Å². The Hall–Kier alpha value is -4.70. The summed E-state index contributed by atoms with van der Waals surface area (Å²) in [6.07, 6.45) is 2.32. The van der Waals surface area contributed by atoms with Crippen LogP contribution in [0.25, 0.3) is 11.4 Å². The lowest BCUT2D eigenvalue weighted by Gasteiger charge is -2.39. The second-order valence-electron chi connectivity index (χ2n) is 17.9. The number of carbonyl (C=O) groups is 4. The number of nitrogens with zero attached hydrogens (tertiary/aromatic N) is 2. The number of benzene rings is 2. The van der Waals surface area contributed by atoms with Crippen molar-refractivity contribution in [2.45, 2.75) is 111 Å². The average Bonchev–Trinajstić information content (AvgIpc) is 3.19. The lowest BCUT2D eigenvalue weighted by Crippen LogP contribution is -2.49. The largest absolute Gasteiger partial charge is 0.468 e. The lowest BCUT2D eigenvalue weighted by molar-refractivity contribution is -0.143. The van der Waals surface area contributed by atoms with E-state index >= 15 is 0 Å². The van der Waals surface area contributed by atoms with Crippen molar-refractivity contribution < 1.29 is 38.1 Å². The van der Waals surface area contributed by atoms with E-state index in [1.54, 1.807) is 19.1 Å². The van der Waals surface area contributed by atoms with Gasteiger partial charge in [-0.2, -0.15) is 0 Å². The number of anilines is 1. The smallest absolute Gasteiger partial charge is 0.407 e. The highest BCUT2D eigenvalue weighted by molar-refractivity contribution is 6.03. The zero-order valence-corrected chi connectivity index (χ0v) is 37.8. The van der Waals surface area contributed by atoms with Crippen molar-refractivity contribution in [3.05, 3.63) is 65.2 Å². The van der Waals surface area contributed by atoms with Crippen LogP contribution < -0.4 is 32.4 Å². The number of nitrogens with two attached hydrogens (primary N) is 2. The summed E-state index contributed by atoms with van der Waals surface area (Å²) in [6.45, 7) is 16.8. The first kappa shape index (κ1) is 49.7. The van der Waals surface area contributed by atoms with Crippen molar-refractivity contribution in [1.82, 2.24) is 21.0 Å². The molecule has 0 saturated carbocycles. The van der Waals surface area contributed by atoms with E-state index in [-0.39, 0.29) is 49.5 Å². The highest BCUT2D eigenvalue weighted by Crippen LogP contribution is 2.41. The number of para-hydroxylation sites is 1. The van der Waals surface area contributed by atoms with Gasteiger partial charge in [-0.15, -0.1) is 0 Å². The van der Waals surface area contributed by atoms with Gasteiger partial charge in [0.25, 0.3) is 0 Å².